The number of nitrogens with zero attached hydrogens (tertiary/aromatic N) is 2. The molecule has 0 aliphatic carbocycles. The smallest absolute Gasteiger partial charge is 0.345 e. The minimum absolute atomic E-state index is 0.00541. The van der Waals surface area contributed by atoms with Crippen LogP contribution in [0.25, 0.3) is 10.9 Å². The number of rotatable bonds is 2. The molecule has 3 rings (SSSR count). The van der Waals surface area contributed by atoms with Crippen molar-refractivity contribution in [2.45, 2.75) is 19.0 Å². The van der Waals surface area contributed by atoms with E-state index in [1.54, 1.807) is 6.07 Å². The highest BCUT2D eigenvalue weighted by molar-refractivity contribution is 6.00. The number of nitro groups is 1. The number of carbonyl (C=O) groups excluding carboxylic acids is 1. The first kappa shape index (κ1) is 16.3. The van der Waals surface area contributed by atoms with E-state index in [9.17, 15) is 28.1 Å². The summed E-state index contributed by atoms with van der Waals surface area (Å²) in [5, 5.41) is 11.5. The molecular weight excluding hydrogens is 327 g/mol. The molecule has 1 aromatic heterocycles. The Balaban J connectivity index is 1.89. The molecule has 0 unspecified atom stereocenters. The molecule has 1 N–H and O–H groups in total. The number of likely N-dealkylation sites (tertiary alicyclic amines) is 1. The number of amides is 1. The van der Waals surface area contributed by atoms with E-state index in [-0.39, 0.29) is 42.8 Å². The lowest BCUT2D eigenvalue weighted by Gasteiger charge is -2.33. The largest absolute Gasteiger partial charge is 0.393 e. The van der Waals surface area contributed by atoms with Gasteiger partial charge in [-0.2, -0.15) is 13.2 Å². The number of carbonyl (C=O) groups is 1. The van der Waals surface area contributed by atoms with Gasteiger partial charge in [0.25, 0.3) is 11.6 Å². The van der Waals surface area contributed by atoms with Crippen LogP contribution >= 0.6 is 0 Å². The normalized spacial score (nSPS) is 18.8. The van der Waals surface area contributed by atoms with Crippen LogP contribution in [0, 0.1) is 16.0 Å². The molecule has 2 aromatic rings. The summed E-state index contributed by atoms with van der Waals surface area (Å²) in [5.41, 5.74) is 0.0655. The first-order chi connectivity index (χ1) is 11.3. The number of H-pyrrole nitrogens is 1. The lowest BCUT2D eigenvalue weighted by atomic mass is 9.97. The van der Waals surface area contributed by atoms with Crippen LogP contribution in [-0.4, -0.2) is 40.0 Å². The maximum atomic E-state index is 12.9. The average Bonchev–Trinajstić information content (AvgIpc) is 2.97. The van der Waals surface area contributed by atoms with Gasteiger partial charge in [0.2, 0.25) is 0 Å². The topological polar surface area (TPSA) is 79.2 Å². The fourth-order valence-electron chi connectivity index (χ4n) is 3.01. The third-order valence-corrected chi connectivity index (χ3v) is 4.23. The molecule has 0 radical (unpaired) electrons. The Bertz CT molecular complexity index is 800. The molecule has 1 aliphatic heterocycles. The number of nitro benzene ring substituents is 1. The highest BCUT2D eigenvalue weighted by atomic mass is 19.4. The molecule has 0 spiro atoms. The summed E-state index contributed by atoms with van der Waals surface area (Å²) < 4.78 is 38.6. The van der Waals surface area contributed by atoms with Gasteiger partial charge in [-0.3, -0.25) is 14.9 Å². The minimum Gasteiger partial charge on any atom is -0.345 e. The molecule has 0 saturated carbocycles. The van der Waals surface area contributed by atoms with Crippen molar-refractivity contribution >= 4 is 22.5 Å². The molecule has 24 heavy (non-hydrogen) atoms. The summed E-state index contributed by atoms with van der Waals surface area (Å²) in [6.07, 6.45) is -4.06. The van der Waals surface area contributed by atoms with Gasteiger partial charge < -0.3 is 9.88 Å². The first-order valence-electron chi connectivity index (χ1n) is 7.39. The van der Waals surface area contributed by atoms with Gasteiger partial charge in [0.1, 0.15) is 11.2 Å². The van der Waals surface area contributed by atoms with Crippen LogP contribution < -0.4 is 0 Å². The van der Waals surface area contributed by atoms with Gasteiger partial charge in [0.15, 0.2) is 0 Å². The number of hydrogen-bond acceptors (Lipinski definition) is 3. The summed E-state index contributed by atoms with van der Waals surface area (Å²) in [6.45, 7) is -0.150. The van der Waals surface area contributed by atoms with Crippen LogP contribution in [0.4, 0.5) is 18.9 Å². The Morgan fingerprint density at radius 3 is 2.79 bits per heavy atom. The van der Waals surface area contributed by atoms with E-state index < -0.39 is 22.9 Å². The van der Waals surface area contributed by atoms with Crippen molar-refractivity contribution in [3.05, 3.63) is 40.1 Å². The first-order valence-corrected chi connectivity index (χ1v) is 7.39. The van der Waals surface area contributed by atoms with Crippen LogP contribution in [0.2, 0.25) is 0 Å². The number of para-hydroxylation sites is 1. The maximum absolute atomic E-state index is 12.9. The van der Waals surface area contributed by atoms with Crippen LogP contribution in [0.15, 0.2) is 24.3 Å². The predicted octanol–water partition coefficient (Wildman–Crippen LogP) is 3.49. The third-order valence-electron chi connectivity index (χ3n) is 4.23. The predicted molar refractivity (Wildman–Crippen MR) is 79.6 cm³/mol. The van der Waals surface area contributed by atoms with E-state index in [1.165, 1.54) is 18.2 Å². The van der Waals surface area contributed by atoms with Gasteiger partial charge in [-0.1, -0.05) is 12.1 Å². The monoisotopic (exact) mass is 341 g/mol. The zero-order valence-electron chi connectivity index (χ0n) is 12.5. The minimum atomic E-state index is -4.34. The number of piperidine rings is 1. The van der Waals surface area contributed by atoms with Crippen molar-refractivity contribution < 1.29 is 22.9 Å². The van der Waals surface area contributed by atoms with Crippen LogP contribution in [0.1, 0.15) is 23.3 Å². The summed E-state index contributed by atoms with van der Waals surface area (Å²) >= 11 is 0. The highest BCUT2D eigenvalue weighted by Gasteiger charge is 2.42. The standard InChI is InChI=1S/C15H14F3N3O3/c16-15(17,18)10-4-2-6-20(8-10)14(22)11-7-9-3-1-5-12(21(23)24)13(9)19-11/h1,3,5,7,10,19H,2,4,6,8H2/t10-/m0/s1. The maximum Gasteiger partial charge on any atom is 0.393 e. The van der Waals surface area contributed by atoms with Crippen molar-refractivity contribution in [3.63, 3.8) is 0 Å². The number of non-ortho nitro benzene ring substituents is 1. The van der Waals surface area contributed by atoms with Crippen molar-refractivity contribution in [1.29, 1.82) is 0 Å². The summed E-state index contributed by atoms with van der Waals surface area (Å²) in [7, 11) is 0. The summed E-state index contributed by atoms with van der Waals surface area (Å²) in [4.78, 5) is 26.8. The number of hydrogen-bond donors (Lipinski definition) is 1. The fraction of sp³-hybridized carbons (Fsp3) is 0.400. The number of alkyl halides is 3. The second-order valence-corrected chi connectivity index (χ2v) is 5.81. The molecule has 0 bridgehead atoms. The lowest BCUT2D eigenvalue weighted by Crippen LogP contribution is -2.44. The SMILES string of the molecule is O=C(c1cc2cccc([N+](=O)[O-])c2[nH]1)N1CCC[C@H](C(F)(F)F)C1. The molecule has 2 heterocycles. The molecule has 1 fully saturated rings. The summed E-state index contributed by atoms with van der Waals surface area (Å²) in [5.74, 6) is -2.11. The van der Waals surface area contributed by atoms with Crippen molar-refractivity contribution in [2.24, 2.45) is 5.92 Å². The Labute approximate surface area is 134 Å². The van der Waals surface area contributed by atoms with E-state index in [4.69, 9.17) is 0 Å². The van der Waals surface area contributed by atoms with E-state index >= 15 is 0 Å². The van der Waals surface area contributed by atoms with E-state index in [2.05, 4.69) is 4.98 Å². The molecule has 1 atom stereocenters. The number of aromatic amines is 1. The molecule has 1 aromatic carbocycles. The van der Waals surface area contributed by atoms with Gasteiger partial charge in [-0.25, -0.2) is 0 Å². The summed E-state index contributed by atoms with van der Waals surface area (Å²) in [6, 6.07) is 5.82. The van der Waals surface area contributed by atoms with E-state index in [0.29, 0.717) is 5.39 Å². The average molecular weight is 341 g/mol. The Morgan fingerprint density at radius 2 is 2.12 bits per heavy atom. The molecule has 1 amide bonds. The van der Waals surface area contributed by atoms with Crippen LogP contribution in [-0.2, 0) is 0 Å². The van der Waals surface area contributed by atoms with Crippen LogP contribution in [0.5, 0.6) is 0 Å². The molecule has 6 nitrogen and oxygen atoms in total. The second kappa shape index (κ2) is 5.81. The molecular formula is C15H14F3N3O3. The number of benzene rings is 1. The Hall–Kier alpha value is -2.58. The fourth-order valence-corrected chi connectivity index (χ4v) is 3.01. The van der Waals surface area contributed by atoms with E-state index in [1.807, 2.05) is 0 Å². The highest BCUT2D eigenvalue weighted by Crippen LogP contribution is 2.34. The van der Waals surface area contributed by atoms with Gasteiger partial charge in [0.05, 0.1) is 10.8 Å². The van der Waals surface area contributed by atoms with Gasteiger partial charge >= 0.3 is 6.18 Å². The van der Waals surface area contributed by atoms with Crippen molar-refractivity contribution in [1.82, 2.24) is 9.88 Å². The molecule has 9 heteroatoms. The number of halogens is 3. The van der Waals surface area contributed by atoms with Crippen molar-refractivity contribution in [3.8, 4) is 0 Å². The Kier molecular flexibility index (Phi) is 3.94. The quantitative estimate of drug-likeness (QED) is 0.671. The molecule has 1 aliphatic rings. The van der Waals surface area contributed by atoms with E-state index in [0.717, 1.165) is 4.90 Å². The van der Waals surface area contributed by atoms with Gasteiger partial charge in [-0.05, 0) is 18.9 Å². The number of nitrogens with one attached hydrogen (secondary N) is 1. The number of fused-ring (bicyclic) bond motifs is 1. The zero-order chi connectivity index (χ0) is 17.5. The van der Waals surface area contributed by atoms with Crippen molar-refractivity contribution in [2.75, 3.05) is 13.1 Å². The zero-order valence-corrected chi connectivity index (χ0v) is 12.5. The molecule has 1 saturated heterocycles. The number of aromatic nitrogens is 1. The third kappa shape index (κ3) is 2.93. The van der Waals surface area contributed by atoms with Gasteiger partial charge in [-0.15, -0.1) is 0 Å². The second-order valence-electron chi connectivity index (χ2n) is 5.81. The Morgan fingerprint density at radius 1 is 1.38 bits per heavy atom. The molecule has 128 valence electrons. The van der Waals surface area contributed by atoms with Gasteiger partial charge in [0, 0.05) is 24.5 Å². The lowest BCUT2D eigenvalue weighted by molar-refractivity contribution is -0.383. The van der Waals surface area contributed by atoms with Crippen LogP contribution in [0.3, 0.4) is 0 Å².